The number of carboxylic acid groups (broad SMARTS) is 1. The molecular weight excluding hydrogens is 350 g/mol. The van der Waals surface area contributed by atoms with Crippen LogP contribution in [0, 0.1) is 5.92 Å². The second-order valence-corrected chi connectivity index (χ2v) is 7.44. The minimum absolute atomic E-state index is 0.0261. The molecular formula is C12H14BrNO5S. The molecule has 1 N–H and O–H groups in total. The van der Waals surface area contributed by atoms with Crippen LogP contribution in [0.15, 0.2) is 33.6 Å². The van der Waals surface area contributed by atoms with E-state index in [2.05, 4.69) is 15.9 Å². The van der Waals surface area contributed by atoms with Gasteiger partial charge in [0.1, 0.15) is 0 Å². The number of hydrogen-bond donors (Lipinski definition) is 1. The van der Waals surface area contributed by atoms with Gasteiger partial charge in [-0.1, -0.05) is 22.0 Å². The fraction of sp³-hybridized carbons (Fsp3) is 0.417. The Bertz CT molecular complexity index is 618. The van der Waals surface area contributed by atoms with E-state index in [4.69, 9.17) is 9.84 Å². The van der Waals surface area contributed by atoms with Gasteiger partial charge in [0.2, 0.25) is 10.0 Å². The topological polar surface area (TPSA) is 83.9 Å². The lowest BCUT2D eigenvalue weighted by atomic mass is 10.1. The number of nitrogens with zero attached hydrogens (tertiary/aromatic N) is 1. The summed E-state index contributed by atoms with van der Waals surface area (Å²) in [5.41, 5.74) is 0. The highest BCUT2D eigenvalue weighted by Crippen LogP contribution is 2.26. The SMILES string of the molecule is CN(C1COCC1C(=O)O)S(=O)(=O)c1cccc(Br)c1. The number of carboxylic acids is 1. The fourth-order valence-corrected chi connectivity index (χ4v) is 4.08. The van der Waals surface area contributed by atoms with Crippen molar-refractivity contribution in [1.82, 2.24) is 4.31 Å². The van der Waals surface area contributed by atoms with E-state index >= 15 is 0 Å². The number of halogens is 1. The van der Waals surface area contributed by atoms with E-state index in [1.165, 1.54) is 19.2 Å². The Morgan fingerprint density at radius 1 is 1.45 bits per heavy atom. The first-order valence-corrected chi connectivity index (χ1v) is 8.11. The molecule has 2 rings (SSSR count). The lowest BCUT2D eigenvalue weighted by molar-refractivity contribution is -0.142. The van der Waals surface area contributed by atoms with Gasteiger partial charge in [0.05, 0.1) is 30.1 Å². The minimum Gasteiger partial charge on any atom is -0.481 e. The highest BCUT2D eigenvalue weighted by molar-refractivity contribution is 9.10. The second kappa shape index (κ2) is 5.80. The third-order valence-electron chi connectivity index (χ3n) is 3.31. The first-order valence-electron chi connectivity index (χ1n) is 5.88. The van der Waals surface area contributed by atoms with Crippen molar-refractivity contribution in [3.8, 4) is 0 Å². The van der Waals surface area contributed by atoms with Crippen molar-refractivity contribution in [3.05, 3.63) is 28.7 Å². The molecule has 1 aromatic rings. The average molecular weight is 364 g/mol. The molecule has 2 unspecified atom stereocenters. The molecule has 1 saturated heterocycles. The number of likely N-dealkylation sites (N-methyl/N-ethyl adjacent to an activating group) is 1. The summed E-state index contributed by atoms with van der Waals surface area (Å²) in [6, 6.07) is 5.60. The van der Waals surface area contributed by atoms with Crippen LogP contribution < -0.4 is 0 Å². The molecule has 2 atom stereocenters. The molecule has 0 saturated carbocycles. The van der Waals surface area contributed by atoms with E-state index in [0.29, 0.717) is 4.47 Å². The molecule has 0 aliphatic carbocycles. The van der Waals surface area contributed by atoms with E-state index in [-0.39, 0.29) is 18.1 Å². The number of aliphatic carboxylic acids is 1. The van der Waals surface area contributed by atoms with Crippen molar-refractivity contribution in [2.24, 2.45) is 5.92 Å². The van der Waals surface area contributed by atoms with Crippen molar-refractivity contribution in [2.75, 3.05) is 20.3 Å². The first kappa shape index (κ1) is 15.4. The van der Waals surface area contributed by atoms with Crippen molar-refractivity contribution in [3.63, 3.8) is 0 Å². The maximum absolute atomic E-state index is 12.5. The minimum atomic E-state index is -3.75. The third kappa shape index (κ3) is 2.88. The zero-order valence-corrected chi connectivity index (χ0v) is 13.1. The summed E-state index contributed by atoms with van der Waals surface area (Å²) in [6.45, 7) is 0.110. The van der Waals surface area contributed by atoms with Gasteiger partial charge in [-0.25, -0.2) is 8.42 Å². The smallest absolute Gasteiger partial charge is 0.310 e. The van der Waals surface area contributed by atoms with Crippen molar-refractivity contribution in [1.29, 1.82) is 0 Å². The summed E-state index contributed by atoms with van der Waals surface area (Å²) >= 11 is 3.22. The molecule has 0 radical (unpaired) electrons. The zero-order valence-electron chi connectivity index (χ0n) is 10.7. The number of carbonyl (C=O) groups is 1. The molecule has 110 valence electrons. The summed E-state index contributed by atoms with van der Waals surface area (Å²) < 4.78 is 31.8. The standard InChI is InChI=1S/C12H14BrNO5S/c1-14(11-7-19-6-10(11)12(15)16)20(17,18)9-4-2-3-8(13)5-9/h2-5,10-11H,6-7H2,1H3,(H,15,16). The average Bonchev–Trinajstić information content (AvgIpc) is 2.87. The molecule has 1 aliphatic heterocycles. The van der Waals surface area contributed by atoms with Crippen LogP contribution in [0.3, 0.4) is 0 Å². The molecule has 1 heterocycles. The molecule has 8 heteroatoms. The van der Waals surface area contributed by atoms with Crippen LogP contribution in [0.25, 0.3) is 0 Å². The summed E-state index contributed by atoms with van der Waals surface area (Å²) in [4.78, 5) is 11.2. The van der Waals surface area contributed by atoms with Gasteiger partial charge in [0, 0.05) is 11.5 Å². The molecule has 0 bridgehead atoms. The summed E-state index contributed by atoms with van der Waals surface area (Å²) in [6.07, 6.45) is 0. The van der Waals surface area contributed by atoms with Gasteiger partial charge in [-0.3, -0.25) is 4.79 Å². The van der Waals surface area contributed by atoms with Gasteiger partial charge in [-0.2, -0.15) is 4.31 Å². The van der Waals surface area contributed by atoms with Gasteiger partial charge >= 0.3 is 5.97 Å². The molecule has 0 amide bonds. The lowest BCUT2D eigenvalue weighted by Crippen LogP contribution is -2.44. The van der Waals surface area contributed by atoms with Crippen LogP contribution >= 0.6 is 15.9 Å². The number of rotatable bonds is 4. The van der Waals surface area contributed by atoms with Gasteiger partial charge < -0.3 is 9.84 Å². The Balaban J connectivity index is 2.32. The Labute approximate surface area is 125 Å². The summed E-state index contributed by atoms with van der Waals surface area (Å²) in [5, 5.41) is 9.10. The molecule has 1 aromatic carbocycles. The van der Waals surface area contributed by atoms with Crippen molar-refractivity contribution < 1.29 is 23.1 Å². The highest BCUT2D eigenvalue weighted by atomic mass is 79.9. The van der Waals surface area contributed by atoms with Crippen molar-refractivity contribution in [2.45, 2.75) is 10.9 Å². The largest absolute Gasteiger partial charge is 0.481 e. The van der Waals surface area contributed by atoms with Gasteiger partial charge in [0.15, 0.2) is 0 Å². The van der Waals surface area contributed by atoms with E-state index in [0.717, 1.165) is 4.31 Å². The van der Waals surface area contributed by atoms with Gasteiger partial charge in [-0.15, -0.1) is 0 Å². The van der Waals surface area contributed by atoms with E-state index < -0.39 is 28.0 Å². The van der Waals surface area contributed by atoms with Crippen LogP contribution in [0.2, 0.25) is 0 Å². The maximum Gasteiger partial charge on any atom is 0.310 e. The normalized spacial score (nSPS) is 23.1. The molecule has 1 fully saturated rings. The van der Waals surface area contributed by atoms with Crippen LogP contribution in [0.5, 0.6) is 0 Å². The second-order valence-electron chi connectivity index (χ2n) is 4.53. The Kier molecular flexibility index (Phi) is 4.48. The van der Waals surface area contributed by atoms with Gasteiger partial charge in [-0.05, 0) is 18.2 Å². The quantitative estimate of drug-likeness (QED) is 0.867. The Hall–Kier alpha value is -0.960. The van der Waals surface area contributed by atoms with Gasteiger partial charge in [0.25, 0.3) is 0 Å². The number of ether oxygens (including phenoxy) is 1. The third-order valence-corrected chi connectivity index (χ3v) is 5.68. The molecule has 6 nitrogen and oxygen atoms in total. The Morgan fingerprint density at radius 3 is 2.75 bits per heavy atom. The lowest BCUT2D eigenvalue weighted by Gasteiger charge is -2.25. The van der Waals surface area contributed by atoms with Crippen LogP contribution in [0.4, 0.5) is 0 Å². The van der Waals surface area contributed by atoms with E-state index in [9.17, 15) is 13.2 Å². The number of sulfonamides is 1. The van der Waals surface area contributed by atoms with Crippen LogP contribution in [-0.2, 0) is 19.6 Å². The maximum atomic E-state index is 12.5. The van der Waals surface area contributed by atoms with E-state index in [1.54, 1.807) is 12.1 Å². The number of hydrogen-bond acceptors (Lipinski definition) is 4. The fourth-order valence-electron chi connectivity index (χ4n) is 2.11. The molecule has 0 aromatic heterocycles. The molecule has 0 spiro atoms. The summed E-state index contributed by atoms with van der Waals surface area (Å²) in [5.74, 6) is -1.90. The zero-order chi connectivity index (χ0) is 14.9. The monoisotopic (exact) mass is 363 g/mol. The predicted molar refractivity (Wildman–Crippen MR) is 74.8 cm³/mol. The first-order chi connectivity index (χ1) is 9.34. The summed E-state index contributed by atoms with van der Waals surface area (Å²) in [7, 11) is -2.37. The predicted octanol–water partition coefficient (Wildman–Crippen LogP) is 1.17. The van der Waals surface area contributed by atoms with E-state index in [1.807, 2.05) is 0 Å². The van der Waals surface area contributed by atoms with Crippen LogP contribution in [-0.4, -0.2) is 50.1 Å². The highest BCUT2D eigenvalue weighted by Gasteiger charge is 2.41. The molecule has 1 aliphatic rings. The molecule has 20 heavy (non-hydrogen) atoms. The van der Waals surface area contributed by atoms with Crippen molar-refractivity contribution >= 4 is 31.9 Å². The Morgan fingerprint density at radius 2 is 2.15 bits per heavy atom. The van der Waals surface area contributed by atoms with Crippen LogP contribution in [0.1, 0.15) is 0 Å². The number of benzene rings is 1.